The molecule has 14 heteroatoms. The fraction of sp³-hybridized carbons (Fsp3) is 0.435. The Bertz CT molecular complexity index is 2320. The zero-order valence-electron chi connectivity index (χ0n) is 34.5. The monoisotopic (exact) mass is 810 g/mol. The van der Waals surface area contributed by atoms with Crippen LogP contribution in [0, 0.1) is 25.7 Å². The number of aliphatic carboxylic acids is 2. The second-order valence-electron chi connectivity index (χ2n) is 16.1. The summed E-state index contributed by atoms with van der Waals surface area (Å²) in [4.78, 5) is 48.8. The van der Waals surface area contributed by atoms with Gasteiger partial charge in [-0.3, -0.25) is 28.9 Å². The van der Waals surface area contributed by atoms with Crippen LogP contribution in [0.3, 0.4) is 0 Å². The molecule has 6 heterocycles. The highest BCUT2D eigenvalue weighted by Gasteiger charge is 2.24. The van der Waals surface area contributed by atoms with E-state index in [2.05, 4.69) is 52.2 Å². The van der Waals surface area contributed by atoms with Crippen LogP contribution in [0.25, 0.3) is 0 Å². The van der Waals surface area contributed by atoms with E-state index in [4.69, 9.17) is 0 Å². The van der Waals surface area contributed by atoms with Gasteiger partial charge >= 0.3 is 11.9 Å². The molecule has 2 aliphatic carbocycles. The van der Waals surface area contributed by atoms with Crippen LogP contribution in [0.2, 0.25) is 0 Å². The van der Waals surface area contributed by atoms with Crippen LogP contribution >= 0.6 is 0 Å². The molecule has 8 rings (SSSR count). The van der Waals surface area contributed by atoms with Crippen molar-refractivity contribution in [3.8, 4) is 0 Å². The Hall–Kier alpha value is -6.18. The minimum atomic E-state index is -0.871. The highest BCUT2D eigenvalue weighted by Crippen LogP contribution is 2.30. The topological polar surface area (TPSA) is 188 Å². The summed E-state index contributed by atoms with van der Waals surface area (Å²) in [5, 5.41) is 27.9. The number of nitrogens with zero attached hydrogens (tertiary/aromatic N) is 10. The van der Waals surface area contributed by atoms with Crippen LogP contribution in [0.15, 0.2) is 86.0 Å². The highest BCUT2D eigenvalue weighted by atomic mass is 16.4. The first kappa shape index (κ1) is 42.0. The van der Waals surface area contributed by atoms with E-state index in [1.807, 2.05) is 61.4 Å². The molecule has 0 spiro atoms. The molecule has 1 unspecified atom stereocenters. The predicted octanol–water partition coefficient (Wildman–Crippen LogP) is 7.14. The Balaban J connectivity index is 0.000000181. The lowest BCUT2D eigenvalue weighted by Gasteiger charge is -2.24. The van der Waals surface area contributed by atoms with E-state index in [-0.39, 0.29) is 12.8 Å². The van der Waals surface area contributed by atoms with Gasteiger partial charge in [0.1, 0.15) is 11.6 Å². The van der Waals surface area contributed by atoms with Gasteiger partial charge in [0.05, 0.1) is 30.6 Å². The van der Waals surface area contributed by atoms with Gasteiger partial charge in [-0.05, 0) is 138 Å². The Labute approximate surface area is 350 Å². The fourth-order valence-corrected chi connectivity index (χ4v) is 8.57. The quantitative estimate of drug-likeness (QED) is 0.101. The van der Waals surface area contributed by atoms with Crippen LogP contribution in [0.1, 0.15) is 120 Å². The van der Waals surface area contributed by atoms with Crippen LogP contribution < -0.4 is 0 Å². The second-order valence-corrected chi connectivity index (χ2v) is 16.1. The number of aromatic nitrogens is 10. The molecule has 0 aliphatic heterocycles. The van der Waals surface area contributed by atoms with Gasteiger partial charge in [-0.15, -0.1) is 0 Å². The van der Waals surface area contributed by atoms with Gasteiger partial charge in [0, 0.05) is 77.8 Å². The standard InChI is InChI=1S/2C23H27N5O2/c1-16-25-14-19(15-26-16)22(13-23(29)30)28-11-9-20(27-28)6-2-4-17-7-8-18-5-3-10-24-21(18)12-17;1-16-25-14-19(15-26-16)22(13-23(29)30)28-20(9-11-27-28)6-2-4-17-7-8-18-5-3-10-24-21(18)12-17/h2*3,5,9-11,14-15,17,22H,2,4,6-8,12-13H2,1H3,(H,29,30)/t17-,22-;17-,22?/m00/s1. The van der Waals surface area contributed by atoms with E-state index in [9.17, 15) is 19.8 Å². The van der Waals surface area contributed by atoms with Crippen LogP contribution in [0.4, 0.5) is 0 Å². The van der Waals surface area contributed by atoms with Crippen molar-refractivity contribution in [3.05, 3.63) is 143 Å². The first-order chi connectivity index (χ1) is 29.2. The number of hydrogen-bond acceptors (Lipinski definition) is 10. The summed E-state index contributed by atoms with van der Waals surface area (Å²) >= 11 is 0. The second kappa shape index (κ2) is 20.2. The lowest BCUT2D eigenvalue weighted by molar-refractivity contribution is -0.138. The van der Waals surface area contributed by atoms with Gasteiger partial charge in [-0.2, -0.15) is 10.2 Å². The number of rotatable bonds is 16. The third-order valence-corrected chi connectivity index (χ3v) is 11.8. The lowest BCUT2D eigenvalue weighted by atomic mass is 9.84. The zero-order chi connectivity index (χ0) is 41.8. The summed E-state index contributed by atoms with van der Waals surface area (Å²) in [6.07, 6.45) is 27.0. The fourth-order valence-electron chi connectivity index (χ4n) is 8.57. The molecule has 14 nitrogen and oxygen atoms in total. The third-order valence-electron chi connectivity index (χ3n) is 11.8. The number of pyridine rings is 2. The average Bonchev–Trinajstić information content (AvgIpc) is 3.93. The van der Waals surface area contributed by atoms with E-state index < -0.39 is 24.0 Å². The normalized spacial score (nSPS) is 16.8. The van der Waals surface area contributed by atoms with Crippen LogP contribution in [0.5, 0.6) is 0 Å². The Morgan fingerprint density at radius 2 is 1.22 bits per heavy atom. The molecule has 2 aliphatic rings. The molecule has 312 valence electrons. The number of carboxylic acids is 2. The largest absolute Gasteiger partial charge is 0.481 e. The average molecular weight is 811 g/mol. The van der Waals surface area contributed by atoms with Crippen molar-refractivity contribution in [2.75, 3.05) is 0 Å². The predicted molar refractivity (Wildman–Crippen MR) is 224 cm³/mol. The molecular formula is C46H54N10O4. The lowest BCUT2D eigenvalue weighted by Crippen LogP contribution is -2.19. The van der Waals surface area contributed by atoms with Gasteiger partial charge in [-0.1, -0.05) is 12.1 Å². The minimum absolute atomic E-state index is 0.0494. The summed E-state index contributed by atoms with van der Waals surface area (Å²) in [5.74, 6) is 0.925. The van der Waals surface area contributed by atoms with E-state index in [1.54, 1.807) is 35.7 Å². The summed E-state index contributed by atoms with van der Waals surface area (Å²) in [6.45, 7) is 3.62. The molecule has 0 saturated heterocycles. The smallest absolute Gasteiger partial charge is 0.305 e. The van der Waals surface area contributed by atoms with Crippen molar-refractivity contribution >= 4 is 11.9 Å². The summed E-state index contributed by atoms with van der Waals surface area (Å²) in [7, 11) is 0. The van der Waals surface area contributed by atoms with Crippen molar-refractivity contribution in [2.24, 2.45) is 11.8 Å². The maximum Gasteiger partial charge on any atom is 0.305 e. The van der Waals surface area contributed by atoms with Gasteiger partial charge in [0.2, 0.25) is 0 Å². The number of aryl methyl sites for hydroxylation is 6. The van der Waals surface area contributed by atoms with Gasteiger partial charge < -0.3 is 10.2 Å². The molecule has 6 aromatic rings. The van der Waals surface area contributed by atoms with E-state index >= 15 is 0 Å². The first-order valence-electron chi connectivity index (χ1n) is 21.1. The Morgan fingerprint density at radius 3 is 1.78 bits per heavy atom. The molecule has 60 heavy (non-hydrogen) atoms. The van der Waals surface area contributed by atoms with Crippen LogP contribution in [-0.4, -0.2) is 71.6 Å². The van der Waals surface area contributed by atoms with Crippen LogP contribution in [-0.2, 0) is 48.1 Å². The molecule has 0 bridgehead atoms. The molecular weight excluding hydrogens is 757 g/mol. The SMILES string of the molecule is Cc1ncc(C(CC(=O)O)n2nccc2CCC[C@H]2CCc3cccnc3C2)cn1.Cc1ncc([C@H](CC(=O)O)n2ccc(CCC[C@H]3CCc4cccnc4C3)n2)cn1. The molecule has 0 radical (unpaired) electrons. The molecule has 2 N–H and O–H groups in total. The Morgan fingerprint density at radius 1 is 0.683 bits per heavy atom. The first-order valence-corrected chi connectivity index (χ1v) is 21.1. The number of fused-ring (bicyclic) bond motifs is 2. The number of hydrogen-bond donors (Lipinski definition) is 2. The van der Waals surface area contributed by atoms with Crippen molar-refractivity contribution in [1.82, 2.24) is 49.5 Å². The maximum atomic E-state index is 11.5. The molecule has 6 aromatic heterocycles. The number of carboxylic acid groups (broad SMARTS) is 2. The summed E-state index contributed by atoms with van der Waals surface area (Å²) in [5.41, 5.74) is 8.87. The van der Waals surface area contributed by atoms with Gasteiger partial charge in [0.15, 0.2) is 0 Å². The third kappa shape index (κ3) is 11.3. The molecule has 0 amide bonds. The van der Waals surface area contributed by atoms with Crippen molar-refractivity contribution in [2.45, 2.75) is 116 Å². The highest BCUT2D eigenvalue weighted by molar-refractivity contribution is 5.68. The molecule has 0 fully saturated rings. The minimum Gasteiger partial charge on any atom is -0.481 e. The number of carbonyl (C=O) groups is 2. The zero-order valence-corrected chi connectivity index (χ0v) is 34.5. The van der Waals surface area contributed by atoms with E-state index in [0.29, 0.717) is 23.5 Å². The summed E-state index contributed by atoms with van der Waals surface area (Å²) in [6, 6.07) is 11.6. The molecule has 0 saturated carbocycles. The molecule has 4 atom stereocenters. The van der Waals surface area contributed by atoms with Gasteiger partial charge in [-0.25, -0.2) is 19.9 Å². The molecule has 0 aromatic carbocycles. The van der Waals surface area contributed by atoms with Crippen molar-refractivity contribution in [1.29, 1.82) is 0 Å². The van der Waals surface area contributed by atoms with Crippen molar-refractivity contribution < 1.29 is 19.8 Å². The summed E-state index contributed by atoms with van der Waals surface area (Å²) < 4.78 is 3.57. The van der Waals surface area contributed by atoms with Gasteiger partial charge in [0.25, 0.3) is 0 Å². The maximum absolute atomic E-state index is 11.5. The van der Waals surface area contributed by atoms with E-state index in [0.717, 1.165) is 86.7 Å². The Kier molecular flexibility index (Phi) is 14.1. The van der Waals surface area contributed by atoms with Crippen molar-refractivity contribution in [3.63, 3.8) is 0 Å². The van der Waals surface area contributed by atoms with E-state index in [1.165, 1.54) is 35.4 Å².